The number of thiazole rings is 1. The second-order valence-corrected chi connectivity index (χ2v) is 6.28. The quantitative estimate of drug-likeness (QED) is 0.721. The van der Waals surface area contributed by atoms with E-state index in [4.69, 9.17) is 4.74 Å². The summed E-state index contributed by atoms with van der Waals surface area (Å²) >= 11 is 1.51. The van der Waals surface area contributed by atoms with Crippen molar-refractivity contribution in [2.45, 2.75) is 26.5 Å². The molecule has 0 aliphatic rings. The van der Waals surface area contributed by atoms with E-state index in [1.165, 1.54) is 11.3 Å². The normalized spacial score (nSPS) is 12.3. The number of benzene rings is 1. The number of fused-ring (bicyclic) bond motifs is 1. The van der Waals surface area contributed by atoms with Crippen LogP contribution in [-0.2, 0) is 6.54 Å². The molecule has 5 nitrogen and oxygen atoms in total. The molecule has 120 valence electrons. The van der Waals surface area contributed by atoms with Crippen molar-refractivity contribution in [1.29, 1.82) is 0 Å². The van der Waals surface area contributed by atoms with Gasteiger partial charge in [-0.3, -0.25) is 4.98 Å². The summed E-state index contributed by atoms with van der Waals surface area (Å²) in [6.45, 7) is 4.96. The van der Waals surface area contributed by atoms with Gasteiger partial charge in [-0.2, -0.15) is 0 Å². The highest BCUT2D eigenvalue weighted by Gasteiger charge is 2.10. The van der Waals surface area contributed by atoms with E-state index in [2.05, 4.69) is 15.3 Å². The van der Waals surface area contributed by atoms with Crippen molar-refractivity contribution in [1.82, 2.24) is 9.97 Å². The van der Waals surface area contributed by atoms with Crippen molar-refractivity contribution in [3.8, 4) is 5.75 Å². The molecular formula is C17H19N3O2S. The number of aliphatic hydroxyl groups excluding tert-OH is 1. The standard InChI is InChI=1S/C17H19N3O2S/c1-3-22-15-7-6-14(16-13(15)5-4-8-18-16)19-9-12-10-20-17(23-12)11(2)21/h4-8,10-11,19,21H,3,9H2,1-2H3. The Balaban J connectivity index is 1.84. The Hall–Kier alpha value is -2.18. The topological polar surface area (TPSA) is 67.3 Å². The number of aliphatic hydroxyl groups is 1. The predicted molar refractivity (Wildman–Crippen MR) is 93.0 cm³/mol. The lowest BCUT2D eigenvalue weighted by Gasteiger charge is -2.12. The number of pyridine rings is 1. The van der Waals surface area contributed by atoms with E-state index in [0.717, 1.165) is 32.2 Å². The second kappa shape index (κ2) is 6.93. The van der Waals surface area contributed by atoms with Crippen LogP contribution in [0.25, 0.3) is 10.9 Å². The van der Waals surface area contributed by atoms with Crippen LogP contribution in [-0.4, -0.2) is 21.7 Å². The molecule has 2 aromatic heterocycles. The van der Waals surface area contributed by atoms with Gasteiger partial charge in [0.15, 0.2) is 0 Å². The molecule has 23 heavy (non-hydrogen) atoms. The maximum Gasteiger partial charge on any atom is 0.128 e. The average Bonchev–Trinajstić information content (AvgIpc) is 3.04. The number of ether oxygens (including phenoxy) is 1. The molecule has 0 aliphatic carbocycles. The minimum Gasteiger partial charge on any atom is -0.493 e. The first-order chi connectivity index (χ1) is 11.2. The van der Waals surface area contributed by atoms with Gasteiger partial charge in [0.25, 0.3) is 0 Å². The maximum absolute atomic E-state index is 9.55. The Bertz CT molecular complexity index is 801. The molecule has 0 amide bonds. The van der Waals surface area contributed by atoms with E-state index in [-0.39, 0.29) is 0 Å². The Morgan fingerprint density at radius 1 is 1.30 bits per heavy atom. The second-order valence-electron chi connectivity index (χ2n) is 5.14. The van der Waals surface area contributed by atoms with E-state index >= 15 is 0 Å². The van der Waals surface area contributed by atoms with Gasteiger partial charge in [0.05, 0.1) is 24.4 Å². The molecule has 2 heterocycles. The van der Waals surface area contributed by atoms with Crippen LogP contribution >= 0.6 is 11.3 Å². The van der Waals surface area contributed by atoms with E-state index in [1.807, 2.05) is 31.2 Å². The largest absolute Gasteiger partial charge is 0.493 e. The zero-order chi connectivity index (χ0) is 16.2. The van der Waals surface area contributed by atoms with Gasteiger partial charge < -0.3 is 15.2 Å². The molecular weight excluding hydrogens is 310 g/mol. The number of rotatable bonds is 6. The molecule has 1 atom stereocenters. The Labute approximate surface area is 139 Å². The van der Waals surface area contributed by atoms with Gasteiger partial charge in [-0.05, 0) is 38.1 Å². The van der Waals surface area contributed by atoms with Crippen LogP contribution in [0.1, 0.15) is 29.8 Å². The van der Waals surface area contributed by atoms with Crippen LogP contribution in [0.15, 0.2) is 36.7 Å². The number of nitrogens with one attached hydrogen (secondary N) is 1. The number of anilines is 1. The van der Waals surface area contributed by atoms with Gasteiger partial charge in [-0.15, -0.1) is 11.3 Å². The van der Waals surface area contributed by atoms with Crippen LogP contribution in [0.4, 0.5) is 5.69 Å². The lowest BCUT2D eigenvalue weighted by molar-refractivity contribution is 0.199. The Kier molecular flexibility index (Phi) is 4.73. The van der Waals surface area contributed by atoms with Crippen LogP contribution in [0.2, 0.25) is 0 Å². The first-order valence-corrected chi connectivity index (χ1v) is 8.37. The molecule has 2 N–H and O–H groups in total. The van der Waals surface area contributed by atoms with Crippen LogP contribution in [0.3, 0.4) is 0 Å². The highest BCUT2D eigenvalue weighted by Crippen LogP contribution is 2.30. The molecule has 0 radical (unpaired) electrons. The van der Waals surface area contributed by atoms with Gasteiger partial charge in [0.2, 0.25) is 0 Å². The molecule has 0 saturated carbocycles. The third kappa shape index (κ3) is 3.43. The van der Waals surface area contributed by atoms with Gasteiger partial charge in [0.1, 0.15) is 16.9 Å². The minimum atomic E-state index is -0.526. The van der Waals surface area contributed by atoms with Gasteiger partial charge in [-0.1, -0.05) is 0 Å². The summed E-state index contributed by atoms with van der Waals surface area (Å²) in [4.78, 5) is 9.77. The van der Waals surface area contributed by atoms with Gasteiger partial charge >= 0.3 is 0 Å². The van der Waals surface area contributed by atoms with Crippen molar-refractivity contribution in [2.24, 2.45) is 0 Å². The lowest BCUT2D eigenvalue weighted by Crippen LogP contribution is -2.00. The number of hydrogen-bond donors (Lipinski definition) is 2. The van der Waals surface area contributed by atoms with Crippen molar-refractivity contribution >= 4 is 27.9 Å². The SMILES string of the molecule is CCOc1ccc(NCc2cnc(C(C)O)s2)c2ncccc12. The number of nitrogens with zero attached hydrogens (tertiary/aromatic N) is 2. The highest BCUT2D eigenvalue weighted by molar-refractivity contribution is 7.11. The maximum atomic E-state index is 9.55. The molecule has 1 unspecified atom stereocenters. The summed E-state index contributed by atoms with van der Waals surface area (Å²) in [7, 11) is 0. The summed E-state index contributed by atoms with van der Waals surface area (Å²) in [6, 6.07) is 7.87. The molecule has 0 spiro atoms. The summed E-state index contributed by atoms with van der Waals surface area (Å²) in [6.07, 6.45) is 3.05. The molecule has 3 aromatic rings. The first kappa shape index (κ1) is 15.7. The summed E-state index contributed by atoms with van der Waals surface area (Å²) < 4.78 is 5.66. The Morgan fingerprint density at radius 3 is 2.91 bits per heavy atom. The third-order valence-corrected chi connectivity index (χ3v) is 4.58. The zero-order valence-corrected chi connectivity index (χ0v) is 13.9. The number of aromatic nitrogens is 2. The van der Waals surface area contributed by atoms with Crippen LogP contribution < -0.4 is 10.1 Å². The lowest BCUT2D eigenvalue weighted by atomic mass is 10.1. The van der Waals surface area contributed by atoms with Crippen LogP contribution in [0.5, 0.6) is 5.75 Å². The predicted octanol–water partition coefficient (Wildman–Crippen LogP) is 3.76. The average molecular weight is 329 g/mol. The molecule has 0 bridgehead atoms. The monoisotopic (exact) mass is 329 g/mol. The van der Waals surface area contributed by atoms with Gasteiger partial charge in [0, 0.05) is 22.7 Å². The fourth-order valence-electron chi connectivity index (χ4n) is 2.35. The molecule has 0 fully saturated rings. The van der Waals surface area contributed by atoms with E-state index in [0.29, 0.717) is 13.2 Å². The fourth-order valence-corrected chi connectivity index (χ4v) is 3.14. The number of hydrogen-bond acceptors (Lipinski definition) is 6. The molecule has 1 aromatic carbocycles. The Morgan fingerprint density at radius 2 is 2.17 bits per heavy atom. The highest BCUT2D eigenvalue weighted by atomic mass is 32.1. The molecule has 0 aliphatic heterocycles. The summed E-state index contributed by atoms with van der Waals surface area (Å²) in [5, 5.41) is 14.7. The van der Waals surface area contributed by atoms with E-state index in [1.54, 1.807) is 19.3 Å². The first-order valence-electron chi connectivity index (χ1n) is 7.56. The minimum absolute atomic E-state index is 0.526. The molecule has 3 rings (SSSR count). The third-order valence-electron chi connectivity index (χ3n) is 3.41. The van der Waals surface area contributed by atoms with Gasteiger partial charge in [-0.25, -0.2) is 4.98 Å². The van der Waals surface area contributed by atoms with Crippen molar-refractivity contribution in [3.05, 3.63) is 46.5 Å². The van der Waals surface area contributed by atoms with E-state index in [9.17, 15) is 5.11 Å². The zero-order valence-electron chi connectivity index (χ0n) is 13.1. The van der Waals surface area contributed by atoms with Crippen molar-refractivity contribution < 1.29 is 9.84 Å². The van der Waals surface area contributed by atoms with Crippen molar-refractivity contribution in [2.75, 3.05) is 11.9 Å². The summed E-state index contributed by atoms with van der Waals surface area (Å²) in [5.41, 5.74) is 1.84. The fraction of sp³-hybridized carbons (Fsp3) is 0.294. The van der Waals surface area contributed by atoms with E-state index < -0.39 is 6.10 Å². The molecule has 6 heteroatoms. The summed E-state index contributed by atoms with van der Waals surface area (Å²) in [5.74, 6) is 0.843. The van der Waals surface area contributed by atoms with Crippen molar-refractivity contribution in [3.63, 3.8) is 0 Å². The van der Waals surface area contributed by atoms with Crippen LogP contribution in [0, 0.1) is 0 Å². The smallest absolute Gasteiger partial charge is 0.128 e. The molecule has 0 saturated heterocycles.